The fourth-order valence-corrected chi connectivity index (χ4v) is 3.66. The largest absolute Gasteiger partial charge is 0.337 e. The molecule has 0 spiro atoms. The van der Waals surface area contributed by atoms with Crippen molar-refractivity contribution in [2.45, 2.75) is 39.2 Å². The Kier molecular flexibility index (Phi) is 4.05. The third-order valence-corrected chi connectivity index (χ3v) is 4.95. The molecular formula is C15H20N4OS. The molecule has 0 aromatic carbocycles. The molecule has 0 unspecified atom stereocenters. The van der Waals surface area contributed by atoms with Crippen molar-refractivity contribution in [3.8, 4) is 0 Å². The molecule has 0 N–H and O–H groups in total. The molecule has 112 valence electrons. The molecule has 0 saturated carbocycles. The van der Waals surface area contributed by atoms with Gasteiger partial charge in [0.15, 0.2) is 5.69 Å². The number of piperidine rings is 1. The van der Waals surface area contributed by atoms with E-state index >= 15 is 0 Å². The Morgan fingerprint density at radius 1 is 1.52 bits per heavy atom. The van der Waals surface area contributed by atoms with Gasteiger partial charge < -0.3 is 4.90 Å². The molecule has 1 amide bonds. The zero-order valence-electron chi connectivity index (χ0n) is 12.5. The number of hydrogen-bond donors (Lipinski definition) is 0. The summed E-state index contributed by atoms with van der Waals surface area (Å²) in [5.41, 5.74) is 1.60. The maximum Gasteiger partial charge on any atom is 0.274 e. The lowest BCUT2D eigenvalue weighted by Gasteiger charge is -2.31. The second kappa shape index (κ2) is 5.97. The van der Waals surface area contributed by atoms with E-state index in [1.165, 1.54) is 0 Å². The van der Waals surface area contributed by atoms with E-state index in [-0.39, 0.29) is 5.91 Å². The summed E-state index contributed by atoms with van der Waals surface area (Å²) >= 11 is 1.68. The molecule has 1 aliphatic rings. The van der Waals surface area contributed by atoms with Crippen LogP contribution in [0.1, 0.15) is 46.9 Å². The van der Waals surface area contributed by atoms with Crippen molar-refractivity contribution < 1.29 is 4.79 Å². The molecule has 6 heteroatoms. The highest BCUT2D eigenvalue weighted by atomic mass is 32.1. The van der Waals surface area contributed by atoms with Crippen molar-refractivity contribution >= 4 is 17.2 Å². The van der Waals surface area contributed by atoms with Gasteiger partial charge in [0.25, 0.3) is 5.91 Å². The number of hydrogen-bond acceptors (Lipinski definition) is 4. The number of thiazole rings is 1. The molecule has 1 aliphatic heterocycles. The van der Waals surface area contributed by atoms with Gasteiger partial charge in [0.05, 0.1) is 5.01 Å². The van der Waals surface area contributed by atoms with E-state index in [4.69, 9.17) is 0 Å². The molecule has 1 fully saturated rings. The monoisotopic (exact) mass is 304 g/mol. The summed E-state index contributed by atoms with van der Waals surface area (Å²) in [5.74, 6) is 0.420. The van der Waals surface area contributed by atoms with Crippen molar-refractivity contribution in [3.63, 3.8) is 0 Å². The maximum absolute atomic E-state index is 12.6. The predicted molar refractivity (Wildman–Crippen MR) is 82.6 cm³/mol. The van der Waals surface area contributed by atoms with Gasteiger partial charge in [-0.15, -0.1) is 11.3 Å². The molecule has 3 heterocycles. The fraction of sp³-hybridized carbons (Fsp3) is 0.533. The summed E-state index contributed by atoms with van der Waals surface area (Å²) in [6, 6.07) is 1.89. The van der Waals surface area contributed by atoms with Gasteiger partial charge in [-0.25, -0.2) is 4.98 Å². The molecule has 1 atom stereocenters. The average Bonchev–Trinajstić information content (AvgIpc) is 3.16. The van der Waals surface area contributed by atoms with E-state index in [1.54, 1.807) is 11.3 Å². The van der Waals surface area contributed by atoms with Crippen LogP contribution in [-0.2, 0) is 6.54 Å². The Labute approximate surface area is 128 Å². The Hall–Kier alpha value is -1.69. The number of carbonyl (C=O) groups is 1. The minimum atomic E-state index is 0.0477. The lowest BCUT2D eigenvalue weighted by Crippen LogP contribution is -2.39. The van der Waals surface area contributed by atoms with Crippen molar-refractivity contribution in [1.29, 1.82) is 0 Å². The number of rotatable bonds is 3. The zero-order chi connectivity index (χ0) is 14.8. The minimum Gasteiger partial charge on any atom is -0.337 e. The zero-order valence-corrected chi connectivity index (χ0v) is 13.3. The van der Waals surface area contributed by atoms with Gasteiger partial charge in [-0.2, -0.15) is 5.10 Å². The minimum absolute atomic E-state index is 0.0477. The molecule has 0 bridgehead atoms. The second-order valence-corrected chi connectivity index (χ2v) is 6.37. The molecule has 21 heavy (non-hydrogen) atoms. The van der Waals surface area contributed by atoms with Crippen molar-refractivity contribution in [2.75, 3.05) is 13.1 Å². The Balaban J connectivity index is 1.74. The number of amides is 1. The van der Waals surface area contributed by atoms with Gasteiger partial charge in [-0.05, 0) is 32.8 Å². The number of likely N-dealkylation sites (tertiary alicyclic amines) is 1. The number of carbonyl (C=O) groups excluding carboxylic acids is 1. The lowest BCUT2D eigenvalue weighted by atomic mass is 9.98. The van der Waals surface area contributed by atoms with E-state index in [0.29, 0.717) is 11.6 Å². The van der Waals surface area contributed by atoms with Gasteiger partial charge >= 0.3 is 0 Å². The highest BCUT2D eigenvalue weighted by molar-refractivity contribution is 7.09. The van der Waals surface area contributed by atoms with Gasteiger partial charge in [-0.3, -0.25) is 9.48 Å². The molecular weight excluding hydrogens is 284 g/mol. The van der Waals surface area contributed by atoms with E-state index in [1.807, 2.05) is 41.1 Å². The summed E-state index contributed by atoms with van der Waals surface area (Å²) in [6.45, 7) is 6.39. The third-order valence-electron chi connectivity index (χ3n) is 4.01. The first-order chi connectivity index (χ1) is 10.2. The average molecular weight is 304 g/mol. The van der Waals surface area contributed by atoms with Gasteiger partial charge in [0.2, 0.25) is 0 Å². The maximum atomic E-state index is 12.6. The summed E-state index contributed by atoms with van der Waals surface area (Å²) in [6.07, 6.45) is 3.98. The van der Waals surface area contributed by atoms with Crippen LogP contribution in [0.15, 0.2) is 17.6 Å². The summed E-state index contributed by atoms with van der Waals surface area (Å²) < 4.78 is 1.87. The van der Waals surface area contributed by atoms with Crippen molar-refractivity contribution in [2.24, 2.45) is 0 Å². The van der Waals surface area contributed by atoms with E-state index in [2.05, 4.69) is 10.1 Å². The van der Waals surface area contributed by atoms with Crippen LogP contribution < -0.4 is 0 Å². The van der Waals surface area contributed by atoms with E-state index in [0.717, 1.165) is 43.2 Å². The summed E-state index contributed by atoms with van der Waals surface area (Å²) in [5, 5.41) is 7.55. The highest BCUT2D eigenvalue weighted by Gasteiger charge is 2.28. The van der Waals surface area contributed by atoms with Crippen LogP contribution in [-0.4, -0.2) is 38.7 Å². The molecule has 0 aliphatic carbocycles. The Morgan fingerprint density at radius 2 is 2.38 bits per heavy atom. The van der Waals surface area contributed by atoms with Crippen LogP contribution >= 0.6 is 11.3 Å². The van der Waals surface area contributed by atoms with Crippen molar-refractivity contribution in [1.82, 2.24) is 19.7 Å². The number of nitrogens with zero attached hydrogens (tertiary/aromatic N) is 4. The summed E-state index contributed by atoms with van der Waals surface area (Å²) in [7, 11) is 0. The SMILES string of the molecule is CCn1nc(C(=O)N2CCC[C@@H](c3nccs3)C2)cc1C. The van der Waals surface area contributed by atoms with E-state index < -0.39 is 0 Å². The first kappa shape index (κ1) is 14.3. The van der Waals surface area contributed by atoms with Crippen molar-refractivity contribution in [3.05, 3.63) is 34.0 Å². The van der Waals surface area contributed by atoms with Crippen LogP contribution in [0.2, 0.25) is 0 Å². The van der Waals surface area contributed by atoms with Crippen LogP contribution in [0.3, 0.4) is 0 Å². The molecule has 1 saturated heterocycles. The summed E-state index contributed by atoms with van der Waals surface area (Å²) in [4.78, 5) is 19.0. The normalized spacial score (nSPS) is 19.0. The van der Waals surface area contributed by atoms with Crippen LogP contribution in [0, 0.1) is 6.92 Å². The molecule has 5 nitrogen and oxygen atoms in total. The molecule has 2 aromatic heterocycles. The highest BCUT2D eigenvalue weighted by Crippen LogP contribution is 2.28. The number of aryl methyl sites for hydroxylation is 2. The standard InChI is InChI=1S/C15H20N4OS/c1-3-19-11(2)9-13(17-19)15(20)18-7-4-5-12(10-18)14-16-6-8-21-14/h6,8-9,12H,3-5,7,10H2,1-2H3/t12-/m1/s1. The van der Waals surface area contributed by atoms with Crippen LogP contribution in [0.5, 0.6) is 0 Å². The topological polar surface area (TPSA) is 51.0 Å². The van der Waals surface area contributed by atoms with Gasteiger partial charge in [0.1, 0.15) is 0 Å². The number of aromatic nitrogens is 3. The quantitative estimate of drug-likeness (QED) is 0.876. The Morgan fingerprint density at radius 3 is 3.05 bits per heavy atom. The van der Waals surface area contributed by atoms with Gasteiger partial charge in [-0.1, -0.05) is 0 Å². The Bertz CT molecular complexity index is 620. The molecule has 3 rings (SSSR count). The first-order valence-electron chi connectivity index (χ1n) is 7.42. The third kappa shape index (κ3) is 2.85. The first-order valence-corrected chi connectivity index (χ1v) is 8.30. The predicted octanol–water partition coefficient (Wildman–Crippen LogP) is 2.69. The lowest BCUT2D eigenvalue weighted by molar-refractivity contribution is 0.0700. The van der Waals surface area contributed by atoms with E-state index in [9.17, 15) is 4.79 Å². The van der Waals surface area contributed by atoms with Crippen LogP contribution in [0.25, 0.3) is 0 Å². The smallest absolute Gasteiger partial charge is 0.274 e. The fourth-order valence-electron chi connectivity index (χ4n) is 2.90. The van der Waals surface area contributed by atoms with Crippen LogP contribution in [0.4, 0.5) is 0 Å². The van der Waals surface area contributed by atoms with Gasteiger partial charge in [0, 0.05) is 42.8 Å². The molecule has 2 aromatic rings. The molecule has 0 radical (unpaired) electrons. The second-order valence-electron chi connectivity index (χ2n) is 5.45.